The van der Waals surface area contributed by atoms with Gasteiger partial charge in [-0.2, -0.15) is 0 Å². The highest BCUT2D eigenvalue weighted by molar-refractivity contribution is 5.76. The minimum absolute atomic E-state index is 0.0285. The maximum absolute atomic E-state index is 11.8. The second-order valence-electron chi connectivity index (χ2n) is 6.34. The Kier molecular flexibility index (Phi) is 5.46. The van der Waals surface area contributed by atoms with E-state index in [4.69, 9.17) is 10.5 Å². The molecule has 0 bridgehead atoms. The number of carbonyl (C=O) groups excluding carboxylic acids is 1. The number of hydrogen-bond acceptors (Lipinski definition) is 3. The fourth-order valence-electron chi connectivity index (χ4n) is 2.86. The van der Waals surface area contributed by atoms with Crippen LogP contribution >= 0.6 is 0 Å². The van der Waals surface area contributed by atoms with Crippen LogP contribution in [-0.4, -0.2) is 12.5 Å². The first kappa shape index (κ1) is 16.8. The van der Waals surface area contributed by atoms with E-state index in [2.05, 4.69) is 38.2 Å². The largest absolute Gasteiger partial charge is 0.493 e. The van der Waals surface area contributed by atoms with Crippen LogP contribution in [-0.2, 0) is 11.2 Å². The average molecular weight is 304 g/mol. The van der Waals surface area contributed by atoms with E-state index in [9.17, 15) is 4.79 Å². The molecule has 0 saturated carbocycles. The number of amides is 1. The van der Waals surface area contributed by atoms with Crippen molar-refractivity contribution in [2.75, 3.05) is 6.61 Å². The molecular weight excluding hydrogens is 276 g/mol. The Bertz CT molecular complexity index is 540. The molecule has 122 valence electrons. The number of fused-ring (bicyclic) bond motifs is 1. The van der Waals surface area contributed by atoms with Crippen molar-refractivity contribution in [2.24, 2.45) is 11.7 Å². The number of nitrogens with one attached hydrogen (secondary N) is 1. The molecule has 1 aromatic carbocycles. The highest BCUT2D eigenvalue weighted by Crippen LogP contribution is 2.40. The molecule has 2 atom stereocenters. The summed E-state index contributed by atoms with van der Waals surface area (Å²) in [6, 6.07) is 4.29. The third-order valence-corrected chi connectivity index (χ3v) is 4.38. The van der Waals surface area contributed by atoms with Crippen molar-refractivity contribution >= 4 is 5.91 Å². The number of aryl methyl sites for hydroxylation is 1. The molecule has 0 aliphatic carbocycles. The van der Waals surface area contributed by atoms with Gasteiger partial charge in [0.2, 0.25) is 5.91 Å². The number of carbonyl (C=O) groups is 1. The molecule has 1 aliphatic rings. The zero-order chi connectivity index (χ0) is 16.3. The summed E-state index contributed by atoms with van der Waals surface area (Å²) in [5.41, 5.74) is 9.78. The summed E-state index contributed by atoms with van der Waals surface area (Å²) in [4.78, 5) is 11.8. The molecule has 1 aromatic rings. The molecule has 4 heteroatoms. The molecule has 3 N–H and O–H groups in total. The summed E-state index contributed by atoms with van der Waals surface area (Å²) in [5.74, 6) is 1.30. The monoisotopic (exact) mass is 304 g/mol. The molecule has 2 unspecified atom stereocenters. The average Bonchev–Trinajstić information content (AvgIpc) is 2.53. The number of benzene rings is 1. The topological polar surface area (TPSA) is 64.3 Å². The van der Waals surface area contributed by atoms with E-state index in [1.807, 2.05) is 6.92 Å². The van der Waals surface area contributed by atoms with Crippen molar-refractivity contribution in [3.8, 4) is 5.75 Å². The first-order chi connectivity index (χ1) is 10.5. The van der Waals surface area contributed by atoms with Crippen LogP contribution < -0.4 is 15.8 Å². The second kappa shape index (κ2) is 7.14. The van der Waals surface area contributed by atoms with Gasteiger partial charge in [0.05, 0.1) is 12.6 Å². The van der Waals surface area contributed by atoms with Gasteiger partial charge in [-0.15, -0.1) is 0 Å². The lowest BCUT2D eigenvalue weighted by Gasteiger charge is -2.31. The van der Waals surface area contributed by atoms with Crippen LogP contribution in [0.5, 0.6) is 5.75 Å². The van der Waals surface area contributed by atoms with Crippen LogP contribution in [0.15, 0.2) is 12.1 Å². The summed E-state index contributed by atoms with van der Waals surface area (Å²) < 4.78 is 5.94. The Morgan fingerprint density at radius 3 is 2.73 bits per heavy atom. The van der Waals surface area contributed by atoms with E-state index in [0.717, 1.165) is 29.7 Å². The summed E-state index contributed by atoms with van der Waals surface area (Å²) in [5, 5.41) is 3.11. The number of ether oxygens (including phenoxy) is 1. The Balaban J connectivity index is 2.46. The van der Waals surface area contributed by atoms with Crippen molar-refractivity contribution in [3.63, 3.8) is 0 Å². The van der Waals surface area contributed by atoms with Gasteiger partial charge in [-0.3, -0.25) is 4.79 Å². The van der Waals surface area contributed by atoms with Gasteiger partial charge in [0, 0.05) is 30.0 Å². The van der Waals surface area contributed by atoms with Gasteiger partial charge in [-0.1, -0.05) is 39.8 Å². The van der Waals surface area contributed by atoms with Gasteiger partial charge in [0.25, 0.3) is 0 Å². The van der Waals surface area contributed by atoms with E-state index in [0.29, 0.717) is 18.9 Å². The molecule has 0 aromatic heterocycles. The van der Waals surface area contributed by atoms with Gasteiger partial charge in [-0.25, -0.2) is 0 Å². The second-order valence-corrected chi connectivity index (χ2v) is 6.34. The summed E-state index contributed by atoms with van der Waals surface area (Å²) in [6.07, 6.45) is 2.25. The van der Waals surface area contributed by atoms with Gasteiger partial charge < -0.3 is 15.8 Å². The van der Waals surface area contributed by atoms with E-state index in [1.54, 1.807) is 0 Å². The number of nitrogens with two attached hydrogens (primary N) is 1. The number of hydrogen-bond donors (Lipinski definition) is 2. The lowest BCUT2D eigenvalue weighted by molar-refractivity contribution is -0.121. The lowest BCUT2D eigenvalue weighted by Crippen LogP contribution is -2.32. The zero-order valence-corrected chi connectivity index (χ0v) is 14.1. The maximum atomic E-state index is 11.8. The Morgan fingerprint density at radius 2 is 2.14 bits per heavy atom. The summed E-state index contributed by atoms with van der Waals surface area (Å²) in [6.45, 7) is 8.86. The van der Waals surface area contributed by atoms with Gasteiger partial charge >= 0.3 is 0 Å². The Morgan fingerprint density at radius 1 is 1.41 bits per heavy atom. The van der Waals surface area contributed by atoms with Crippen LogP contribution in [0.1, 0.15) is 69.3 Å². The van der Waals surface area contributed by atoms with E-state index in [1.165, 1.54) is 5.56 Å². The summed E-state index contributed by atoms with van der Waals surface area (Å²) in [7, 11) is 0. The fourth-order valence-corrected chi connectivity index (χ4v) is 2.86. The molecule has 2 rings (SSSR count). The maximum Gasteiger partial charge on any atom is 0.220 e. The molecular formula is C18H28N2O2. The van der Waals surface area contributed by atoms with E-state index in [-0.39, 0.29) is 18.0 Å². The third-order valence-electron chi connectivity index (χ3n) is 4.38. The van der Waals surface area contributed by atoms with Gasteiger partial charge in [0.15, 0.2) is 0 Å². The predicted molar refractivity (Wildman–Crippen MR) is 88.9 cm³/mol. The first-order valence-corrected chi connectivity index (χ1v) is 8.32. The van der Waals surface area contributed by atoms with Crippen molar-refractivity contribution in [2.45, 2.75) is 59.0 Å². The smallest absolute Gasteiger partial charge is 0.220 e. The molecule has 0 fully saturated rings. The van der Waals surface area contributed by atoms with Crippen LogP contribution in [0.2, 0.25) is 0 Å². The fraction of sp³-hybridized carbons (Fsp3) is 0.611. The molecule has 1 aliphatic heterocycles. The van der Waals surface area contributed by atoms with Gasteiger partial charge in [0.1, 0.15) is 5.75 Å². The molecule has 0 saturated heterocycles. The predicted octanol–water partition coefficient (Wildman–Crippen LogP) is 3.25. The Hall–Kier alpha value is -1.55. The number of rotatable bonds is 5. The first-order valence-electron chi connectivity index (χ1n) is 8.32. The molecule has 1 amide bonds. The lowest BCUT2D eigenvalue weighted by atomic mass is 9.88. The van der Waals surface area contributed by atoms with Crippen LogP contribution in [0, 0.1) is 5.92 Å². The van der Waals surface area contributed by atoms with Crippen LogP contribution in [0.3, 0.4) is 0 Å². The molecule has 4 nitrogen and oxygen atoms in total. The molecule has 0 spiro atoms. The normalized spacial score (nSPS) is 18.5. The highest BCUT2D eigenvalue weighted by Gasteiger charge is 2.28. The summed E-state index contributed by atoms with van der Waals surface area (Å²) >= 11 is 0. The van der Waals surface area contributed by atoms with Crippen LogP contribution in [0.4, 0.5) is 0 Å². The Labute approximate surface area is 133 Å². The molecule has 1 heterocycles. The molecule has 22 heavy (non-hydrogen) atoms. The van der Waals surface area contributed by atoms with Crippen LogP contribution in [0.25, 0.3) is 0 Å². The zero-order valence-electron chi connectivity index (χ0n) is 14.1. The van der Waals surface area contributed by atoms with Crippen molar-refractivity contribution < 1.29 is 9.53 Å². The third kappa shape index (κ3) is 3.43. The van der Waals surface area contributed by atoms with Crippen molar-refractivity contribution in [1.29, 1.82) is 0 Å². The molecule has 0 radical (unpaired) electrons. The van der Waals surface area contributed by atoms with Crippen molar-refractivity contribution in [3.05, 3.63) is 28.8 Å². The van der Waals surface area contributed by atoms with E-state index < -0.39 is 0 Å². The minimum atomic E-state index is -0.0547. The van der Waals surface area contributed by atoms with E-state index >= 15 is 0 Å². The quantitative estimate of drug-likeness (QED) is 0.877. The minimum Gasteiger partial charge on any atom is -0.493 e. The van der Waals surface area contributed by atoms with Gasteiger partial charge in [-0.05, 0) is 17.9 Å². The van der Waals surface area contributed by atoms with Crippen molar-refractivity contribution in [1.82, 2.24) is 5.32 Å². The highest BCUT2D eigenvalue weighted by atomic mass is 16.5. The standard InChI is InChI=1S/C18H28N2O2/c1-5-12-9-13-15(20-16(21)6-2)7-8-22-18(13)14(10-12)17(19)11(3)4/h9-11,15,17H,5-8,19H2,1-4H3,(H,20,21). The SMILES string of the molecule is CCC(=O)NC1CCOc2c1cc(CC)cc2C(N)C(C)C.